The van der Waals surface area contributed by atoms with Gasteiger partial charge < -0.3 is 10.1 Å². The van der Waals surface area contributed by atoms with Crippen molar-refractivity contribution in [2.24, 2.45) is 5.92 Å². The smallest absolute Gasteiger partial charge is 0.408 e. The van der Waals surface area contributed by atoms with Crippen LogP contribution in [0, 0.1) is 5.92 Å². The van der Waals surface area contributed by atoms with Crippen molar-refractivity contribution in [3.05, 3.63) is 41.9 Å². The number of ether oxygens (including phenoxy) is 1. The fourth-order valence-electron chi connectivity index (χ4n) is 4.22. The zero-order valence-electron chi connectivity index (χ0n) is 22.7. The summed E-state index contributed by atoms with van der Waals surface area (Å²) >= 11 is 0. The third-order valence-electron chi connectivity index (χ3n) is 6.19. The minimum absolute atomic E-state index is 0.226. The zero-order valence-corrected chi connectivity index (χ0v) is 23.5. The van der Waals surface area contributed by atoms with E-state index in [1.807, 2.05) is 33.8 Å². The number of fused-ring (bicyclic) bond motifs is 1. The lowest BCUT2D eigenvalue weighted by molar-refractivity contribution is -0.0500. The van der Waals surface area contributed by atoms with Crippen molar-refractivity contribution in [3.63, 3.8) is 0 Å². The molecular weight excluding hydrogens is 500 g/mol. The Bertz CT molecular complexity index is 1160. The number of imidazole rings is 1. The molecule has 1 aliphatic rings. The standard InChI is InChI=1S/C26H39F2N5O3S/c1-16(2)21(32-37(35)25(6,7)8)18-13-20-30-19(15-33(20)29-14-18)22(31-23(34)36-24(3,4)5)17-9-11-26(27,28)12-10-17/h13-15,17,21-22,32H,1,9-12H2,2-8H3,(H,31,34)/t21-,22+,37+/m1/s1. The van der Waals surface area contributed by atoms with Crippen LogP contribution in [0.15, 0.2) is 30.6 Å². The molecule has 2 aromatic heterocycles. The van der Waals surface area contributed by atoms with Gasteiger partial charge in [-0.3, -0.25) is 0 Å². The number of carbonyl (C=O) groups excluding carboxylic acids is 1. The third kappa shape index (κ3) is 7.80. The fourth-order valence-corrected chi connectivity index (χ4v) is 5.12. The lowest BCUT2D eigenvalue weighted by Crippen LogP contribution is -2.40. The maximum Gasteiger partial charge on any atom is 0.408 e. The van der Waals surface area contributed by atoms with Gasteiger partial charge in [-0.05, 0) is 78.9 Å². The lowest BCUT2D eigenvalue weighted by Gasteiger charge is -2.33. The second kappa shape index (κ2) is 10.8. The minimum Gasteiger partial charge on any atom is -0.444 e. The van der Waals surface area contributed by atoms with E-state index >= 15 is 0 Å². The Kier molecular flexibility index (Phi) is 8.48. The number of nitrogens with zero attached hydrogens (tertiary/aromatic N) is 3. The summed E-state index contributed by atoms with van der Waals surface area (Å²) in [5.41, 5.74) is 1.83. The first-order valence-corrected chi connectivity index (χ1v) is 13.7. The zero-order chi connectivity index (χ0) is 27.8. The summed E-state index contributed by atoms with van der Waals surface area (Å²) in [6, 6.07) is 0.802. The summed E-state index contributed by atoms with van der Waals surface area (Å²) in [6.07, 6.45) is 2.75. The molecule has 0 unspecified atom stereocenters. The Morgan fingerprint density at radius 1 is 1.24 bits per heavy atom. The first-order valence-electron chi connectivity index (χ1n) is 12.5. The molecule has 1 amide bonds. The largest absolute Gasteiger partial charge is 0.444 e. The number of carbonyl (C=O) groups is 1. The molecule has 0 saturated heterocycles. The normalized spacial score (nSPS) is 19.3. The van der Waals surface area contributed by atoms with Gasteiger partial charge in [-0.2, -0.15) is 5.10 Å². The molecular formula is C26H39F2N5O3S. The van der Waals surface area contributed by atoms with Gasteiger partial charge in [0.1, 0.15) is 5.60 Å². The Morgan fingerprint density at radius 2 is 1.86 bits per heavy atom. The monoisotopic (exact) mass is 539 g/mol. The highest BCUT2D eigenvalue weighted by Crippen LogP contribution is 2.41. The molecule has 0 spiro atoms. The van der Waals surface area contributed by atoms with Gasteiger partial charge >= 0.3 is 6.09 Å². The molecule has 206 valence electrons. The van der Waals surface area contributed by atoms with E-state index < -0.39 is 45.4 Å². The number of hydrogen-bond acceptors (Lipinski definition) is 5. The fraction of sp³-hybridized carbons (Fsp3) is 0.654. The van der Waals surface area contributed by atoms with Crippen LogP contribution in [-0.2, 0) is 15.7 Å². The number of aromatic nitrogens is 3. The molecule has 8 nitrogen and oxygen atoms in total. The molecule has 3 atom stereocenters. The van der Waals surface area contributed by atoms with Crippen molar-refractivity contribution in [3.8, 4) is 0 Å². The summed E-state index contributed by atoms with van der Waals surface area (Å²) < 4.78 is 50.2. The molecule has 1 fully saturated rings. The van der Waals surface area contributed by atoms with E-state index in [1.165, 1.54) is 0 Å². The van der Waals surface area contributed by atoms with Gasteiger partial charge in [-0.1, -0.05) is 12.2 Å². The van der Waals surface area contributed by atoms with Gasteiger partial charge in [0.25, 0.3) is 0 Å². The van der Waals surface area contributed by atoms with E-state index in [4.69, 9.17) is 9.72 Å². The van der Waals surface area contributed by atoms with Crippen LogP contribution >= 0.6 is 0 Å². The highest BCUT2D eigenvalue weighted by atomic mass is 32.2. The van der Waals surface area contributed by atoms with E-state index in [9.17, 15) is 17.8 Å². The predicted octanol–water partition coefficient (Wildman–Crippen LogP) is 5.79. The quantitative estimate of drug-likeness (QED) is 0.434. The molecule has 3 rings (SSSR count). The molecule has 37 heavy (non-hydrogen) atoms. The second-order valence-electron chi connectivity index (χ2n) is 11.9. The topological polar surface area (TPSA) is 97.6 Å². The number of hydrogen-bond donors (Lipinski definition) is 2. The molecule has 0 aliphatic heterocycles. The number of halogens is 2. The lowest BCUT2D eigenvalue weighted by atomic mass is 9.81. The van der Waals surface area contributed by atoms with Crippen LogP contribution in [0.2, 0.25) is 0 Å². The average molecular weight is 540 g/mol. The molecule has 2 N–H and O–H groups in total. The maximum absolute atomic E-state index is 13.9. The van der Waals surface area contributed by atoms with E-state index in [2.05, 4.69) is 21.7 Å². The van der Waals surface area contributed by atoms with Crippen LogP contribution in [0.1, 0.15) is 97.5 Å². The molecule has 2 heterocycles. The van der Waals surface area contributed by atoms with Crippen molar-refractivity contribution in [2.45, 2.75) is 103 Å². The molecule has 11 heteroatoms. The summed E-state index contributed by atoms with van der Waals surface area (Å²) in [6.45, 7) is 16.8. The van der Waals surface area contributed by atoms with Crippen molar-refractivity contribution >= 4 is 22.7 Å². The number of rotatable bonds is 7. The maximum atomic E-state index is 13.9. The molecule has 1 aliphatic carbocycles. The van der Waals surface area contributed by atoms with Crippen LogP contribution in [-0.4, -0.2) is 41.2 Å². The second-order valence-corrected chi connectivity index (χ2v) is 13.9. The van der Waals surface area contributed by atoms with Crippen molar-refractivity contribution in [1.82, 2.24) is 24.6 Å². The Balaban J connectivity index is 1.93. The van der Waals surface area contributed by atoms with Crippen molar-refractivity contribution in [2.75, 3.05) is 0 Å². The highest BCUT2D eigenvalue weighted by Gasteiger charge is 2.39. The summed E-state index contributed by atoms with van der Waals surface area (Å²) in [5, 5.41) is 7.34. The van der Waals surface area contributed by atoms with Gasteiger partial charge in [0.2, 0.25) is 5.92 Å². The van der Waals surface area contributed by atoms with Crippen LogP contribution in [0.3, 0.4) is 0 Å². The van der Waals surface area contributed by atoms with E-state index in [-0.39, 0.29) is 31.6 Å². The first kappa shape index (κ1) is 29.2. The first-order chi connectivity index (χ1) is 16.9. The van der Waals surface area contributed by atoms with Crippen LogP contribution < -0.4 is 10.0 Å². The predicted molar refractivity (Wildman–Crippen MR) is 141 cm³/mol. The van der Waals surface area contributed by atoms with E-state index in [0.29, 0.717) is 11.3 Å². The Labute approximate surface area is 220 Å². The summed E-state index contributed by atoms with van der Waals surface area (Å²) in [4.78, 5) is 17.4. The average Bonchev–Trinajstić information content (AvgIpc) is 3.16. The molecule has 0 radical (unpaired) electrons. The van der Waals surface area contributed by atoms with Gasteiger partial charge in [-0.25, -0.2) is 32.0 Å². The van der Waals surface area contributed by atoms with Gasteiger partial charge in [0, 0.05) is 12.8 Å². The number of alkyl carbamates (subject to hydrolysis) is 1. The third-order valence-corrected chi connectivity index (χ3v) is 7.75. The molecule has 0 aromatic carbocycles. The van der Waals surface area contributed by atoms with Gasteiger partial charge in [0.15, 0.2) is 5.65 Å². The SMILES string of the molecule is C=C(C)[C@@H](N[S@@](=O)C(C)(C)C)c1cnn2cc([C@@H](NC(=O)OC(C)(C)C)C3CCC(F)(F)CC3)nc2c1. The number of nitrogens with one attached hydrogen (secondary N) is 2. The molecule has 0 bridgehead atoms. The Morgan fingerprint density at radius 3 is 2.41 bits per heavy atom. The summed E-state index contributed by atoms with van der Waals surface area (Å²) in [5.74, 6) is -2.92. The summed E-state index contributed by atoms with van der Waals surface area (Å²) in [7, 11) is -1.34. The minimum atomic E-state index is -2.69. The number of amides is 1. The van der Waals surface area contributed by atoms with E-state index in [0.717, 1.165) is 11.1 Å². The van der Waals surface area contributed by atoms with Gasteiger partial charge in [0.05, 0.1) is 45.9 Å². The van der Waals surface area contributed by atoms with Gasteiger partial charge in [-0.15, -0.1) is 0 Å². The molecule has 2 aromatic rings. The Hall–Kier alpha value is -2.40. The van der Waals surface area contributed by atoms with Crippen LogP contribution in [0.4, 0.5) is 13.6 Å². The molecule has 1 saturated carbocycles. The number of alkyl halides is 2. The highest BCUT2D eigenvalue weighted by molar-refractivity contribution is 7.84. The van der Waals surface area contributed by atoms with E-state index in [1.54, 1.807) is 37.7 Å². The van der Waals surface area contributed by atoms with Crippen molar-refractivity contribution in [1.29, 1.82) is 0 Å². The van der Waals surface area contributed by atoms with Crippen molar-refractivity contribution < 1.29 is 22.5 Å². The van der Waals surface area contributed by atoms with Crippen LogP contribution in [0.5, 0.6) is 0 Å². The van der Waals surface area contributed by atoms with Crippen LogP contribution in [0.25, 0.3) is 5.65 Å².